The molecule has 0 bridgehead atoms. The Kier molecular flexibility index (Phi) is 2.78. The Morgan fingerprint density at radius 1 is 0.944 bits per heavy atom. The van der Waals surface area contributed by atoms with E-state index in [-0.39, 0.29) is 0 Å². The largest absolute Gasteiger partial charge is 0.322 e. The van der Waals surface area contributed by atoms with E-state index in [2.05, 4.69) is 20.3 Å². The zero-order valence-electron chi connectivity index (χ0n) is 9.34. The van der Waals surface area contributed by atoms with Crippen LogP contribution < -0.4 is 5.32 Å². The molecular weight excluding hydrogens is 248 g/mol. The highest BCUT2D eigenvalue weighted by Gasteiger charge is 2.07. The molecule has 1 N–H and O–H groups in total. The van der Waals surface area contributed by atoms with E-state index < -0.39 is 0 Å². The van der Waals surface area contributed by atoms with Gasteiger partial charge in [-0.25, -0.2) is 9.97 Å². The third-order valence-electron chi connectivity index (χ3n) is 2.52. The van der Waals surface area contributed by atoms with Crippen LogP contribution in [0.1, 0.15) is 0 Å². The Hall–Kier alpha value is -2.20. The number of hydrogen-bond acceptors (Lipinski definition) is 4. The van der Waals surface area contributed by atoms with Crippen molar-refractivity contribution in [2.75, 3.05) is 5.32 Å². The number of hydrogen-bond donors (Lipinski definition) is 1. The summed E-state index contributed by atoms with van der Waals surface area (Å²) in [5.41, 5.74) is 1.56. The van der Waals surface area contributed by atoms with Gasteiger partial charge in [0.1, 0.15) is 0 Å². The maximum Gasteiger partial charge on any atom is 0.227 e. The number of rotatable bonds is 2. The van der Waals surface area contributed by atoms with Crippen molar-refractivity contribution < 1.29 is 0 Å². The fraction of sp³-hybridized carbons (Fsp3) is 0. The first-order chi connectivity index (χ1) is 8.84. The van der Waals surface area contributed by atoms with Gasteiger partial charge in [-0.15, -0.1) is 0 Å². The Morgan fingerprint density at radius 3 is 2.56 bits per heavy atom. The summed E-state index contributed by atoms with van der Waals surface area (Å²) in [6.45, 7) is 0. The maximum atomic E-state index is 6.33. The second-order valence-electron chi connectivity index (χ2n) is 3.70. The van der Waals surface area contributed by atoms with Gasteiger partial charge in [-0.05, 0) is 12.1 Å². The molecule has 2 aromatic heterocycles. The zero-order chi connectivity index (χ0) is 12.4. The summed E-state index contributed by atoms with van der Waals surface area (Å²) in [7, 11) is 0. The van der Waals surface area contributed by atoms with Crippen LogP contribution in [0.3, 0.4) is 0 Å². The Bertz CT molecular complexity index is 685. The molecule has 1 aromatic carbocycles. The van der Waals surface area contributed by atoms with Crippen LogP contribution >= 0.6 is 11.6 Å². The van der Waals surface area contributed by atoms with Crippen LogP contribution in [0.5, 0.6) is 0 Å². The number of pyridine rings is 1. The summed E-state index contributed by atoms with van der Waals surface area (Å²) in [5, 5.41) is 4.57. The SMILES string of the molecule is Clc1c(Nc2ncccn2)cnc2ccccc12. The van der Waals surface area contributed by atoms with Crippen molar-refractivity contribution in [3.05, 3.63) is 53.9 Å². The number of nitrogens with zero attached hydrogens (tertiary/aromatic N) is 3. The van der Waals surface area contributed by atoms with Gasteiger partial charge in [-0.2, -0.15) is 0 Å². The van der Waals surface area contributed by atoms with Gasteiger partial charge in [-0.1, -0.05) is 29.8 Å². The lowest BCUT2D eigenvalue weighted by atomic mass is 10.2. The lowest BCUT2D eigenvalue weighted by Gasteiger charge is -2.08. The van der Waals surface area contributed by atoms with E-state index in [1.807, 2.05) is 24.3 Å². The van der Waals surface area contributed by atoms with Crippen LogP contribution in [0.25, 0.3) is 10.9 Å². The van der Waals surface area contributed by atoms with Gasteiger partial charge in [0, 0.05) is 17.8 Å². The highest BCUT2D eigenvalue weighted by molar-refractivity contribution is 6.38. The molecule has 0 unspecified atom stereocenters. The number of anilines is 2. The van der Waals surface area contributed by atoms with Crippen molar-refractivity contribution in [2.45, 2.75) is 0 Å². The molecule has 4 nitrogen and oxygen atoms in total. The van der Waals surface area contributed by atoms with Gasteiger partial charge in [0.05, 0.1) is 22.4 Å². The number of fused-ring (bicyclic) bond motifs is 1. The molecule has 0 aliphatic carbocycles. The van der Waals surface area contributed by atoms with Crippen LogP contribution in [0.2, 0.25) is 5.02 Å². The Morgan fingerprint density at radius 2 is 1.72 bits per heavy atom. The standard InChI is InChI=1S/C13H9ClN4/c14-12-9-4-1-2-5-10(9)17-8-11(12)18-13-15-6-3-7-16-13/h1-8H,(H,15,16,18). The van der Waals surface area contributed by atoms with Gasteiger partial charge < -0.3 is 5.32 Å². The predicted molar refractivity (Wildman–Crippen MR) is 72.1 cm³/mol. The number of aromatic nitrogens is 3. The fourth-order valence-corrected chi connectivity index (χ4v) is 1.93. The molecule has 5 heteroatoms. The molecule has 0 fully saturated rings. The first-order valence-corrected chi connectivity index (χ1v) is 5.80. The van der Waals surface area contributed by atoms with E-state index in [4.69, 9.17) is 11.6 Å². The van der Waals surface area contributed by atoms with Crippen molar-refractivity contribution >= 4 is 34.1 Å². The molecule has 0 saturated carbocycles. The van der Waals surface area contributed by atoms with Crippen molar-refractivity contribution in [3.8, 4) is 0 Å². The zero-order valence-corrected chi connectivity index (χ0v) is 10.1. The Labute approximate surface area is 109 Å². The monoisotopic (exact) mass is 256 g/mol. The molecule has 0 saturated heterocycles. The molecule has 3 aromatic rings. The number of halogens is 1. The molecule has 88 valence electrons. The summed E-state index contributed by atoms with van der Waals surface area (Å²) in [6, 6.07) is 9.47. The fourth-order valence-electron chi connectivity index (χ4n) is 1.68. The van der Waals surface area contributed by atoms with Crippen LogP contribution in [0, 0.1) is 0 Å². The van der Waals surface area contributed by atoms with Crippen molar-refractivity contribution in [2.24, 2.45) is 0 Å². The molecule has 2 heterocycles. The molecule has 0 atom stereocenters. The average Bonchev–Trinajstić information content (AvgIpc) is 2.43. The van der Waals surface area contributed by atoms with Gasteiger partial charge >= 0.3 is 0 Å². The highest BCUT2D eigenvalue weighted by Crippen LogP contribution is 2.30. The van der Waals surface area contributed by atoms with Crippen LogP contribution in [-0.2, 0) is 0 Å². The minimum Gasteiger partial charge on any atom is -0.322 e. The summed E-state index contributed by atoms with van der Waals surface area (Å²) in [6.07, 6.45) is 5.01. The van der Waals surface area contributed by atoms with Gasteiger partial charge in [0.25, 0.3) is 0 Å². The summed E-state index contributed by atoms with van der Waals surface area (Å²) < 4.78 is 0. The van der Waals surface area contributed by atoms with E-state index in [9.17, 15) is 0 Å². The first-order valence-electron chi connectivity index (χ1n) is 5.42. The molecule has 0 spiro atoms. The third kappa shape index (κ3) is 1.98. The summed E-state index contributed by atoms with van der Waals surface area (Å²) in [4.78, 5) is 12.5. The summed E-state index contributed by atoms with van der Waals surface area (Å²) in [5.74, 6) is 0.497. The van der Waals surface area contributed by atoms with Gasteiger partial charge in [0.15, 0.2) is 0 Å². The van der Waals surface area contributed by atoms with E-state index in [1.54, 1.807) is 24.7 Å². The van der Waals surface area contributed by atoms with Crippen LogP contribution in [0.15, 0.2) is 48.9 Å². The number of benzene rings is 1. The molecular formula is C13H9ClN4. The smallest absolute Gasteiger partial charge is 0.227 e. The van der Waals surface area contributed by atoms with E-state index in [1.165, 1.54) is 0 Å². The number of nitrogens with one attached hydrogen (secondary N) is 1. The van der Waals surface area contributed by atoms with Crippen molar-refractivity contribution in [1.29, 1.82) is 0 Å². The second kappa shape index (κ2) is 4.58. The molecule has 0 radical (unpaired) electrons. The van der Waals surface area contributed by atoms with Crippen LogP contribution in [-0.4, -0.2) is 15.0 Å². The second-order valence-corrected chi connectivity index (χ2v) is 4.08. The van der Waals surface area contributed by atoms with Gasteiger partial charge in [0.2, 0.25) is 5.95 Å². The van der Waals surface area contributed by atoms with Crippen molar-refractivity contribution in [3.63, 3.8) is 0 Å². The molecule has 0 aliphatic rings. The first kappa shape index (κ1) is 10.9. The van der Waals surface area contributed by atoms with E-state index in [0.29, 0.717) is 16.7 Å². The maximum absolute atomic E-state index is 6.33. The minimum atomic E-state index is 0.497. The lowest BCUT2D eigenvalue weighted by Crippen LogP contribution is -1.97. The minimum absolute atomic E-state index is 0.497. The normalized spacial score (nSPS) is 10.5. The molecule has 0 aliphatic heterocycles. The molecule has 0 amide bonds. The lowest BCUT2D eigenvalue weighted by molar-refractivity contribution is 1.16. The van der Waals surface area contributed by atoms with Crippen molar-refractivity contribution in [1.82, 2.24) is 15.0 Å². The highest BCUT2D eigenvalue weighted by atomic mass is 35.5. The third-order valence-corrected chi connectivity index (χ3v) is 2.93. The summed E-state index contributed by atoms with van der Waals surface area (Å²) >= 11 is 6.33. The van der Waals surface area contributed by atoms with E-state index in [0.717, 1.165) is 10.9 Å². The average molecular weight is 257 g/mol. The molecule has 18 heavy (non-hydrogen) atoms. The Balaban J connectivity index is 2.05. The molecule has 3 rings (SSSR count). The van der Waals surface area contributed by atoms with Crippen LogP contribution in [0.4, 0.5) is 11.6 Å². The number of para-hydroxylation sites is 1. The quantitative estimate of drug-likeness (QED) is 0.763. The van der Waals surface area contributed by atoms with E-state index >= 15 is 0 Å². The predicted octanol–water partition coefficient (Wildman–Crippen LogP) is 3.42. The topological polar surface area (TPSA) is 50.7 Å². The van der Waals surface area contributed by atoms with Gasteiger partial charge in [-0.3, -0.25) is 4.98 Å².